The maximum Gasteiger partial charge on any atom is 0.145 e. The summed E-state index contributed by atoms with van der Waals surface area (Å²) in [4.78, 5) is 0. The summed E-state index contributed by atoms with van der Waals surface area (Å²) in [6, 6.07) is 5.29. The van der Waals surface area contributed by atoms with Crippen LogP contribution in [0.1, 0.15) is 38.2 Å². The summed E-state index contributed by atoms with van der Waals surface area (Å²) in [5.41, 5.74) is 3.52. The monoisotopic (exact) mass is 284 g/mol. The van der Waals surface area contributed by atoms with Crippen LogP contribution in [0.2, 0.25) is 5.02 Å². The molecule has 2 rings (SSSR count). The number of hydrogen-bond acceptors (Lipinski definition) is 2. The molecular weight excluding hydrogens is 263 g/mol. The second-order valence-electron chi connectivity index (χ2n) is 5.54. The summed E-state index contributed by atoms with van der Waals surface area (Å²) >= 11 is 5.82. The minimum absolute atomic E-state index is 0.129. The van der Waals surface area contributed by atoms with Crippen LogP contribution in [0.4, 0.5) is 4.39 Å². The summed E-state index contributed by atoms with van der Waals surface area (Å²) in [6.07, 6.45) is 5.45. The third-order valence-electron chi connectivity index (χ3n) is 4.41. The van der Waals surface area contributed by atoms with Crippen LogP contribution in [-0.2, 0) is 6.42 Å². The van der Waals surface area contributed by atoms with Gasteiger partial charge in [-0.3, -0.25) is 11.3 Å². The molecule has 0 amide bonds. The van der Waals surface area contributed by atoms with E-state index in [9.17, 15) is 4.39 Å². The van der Waals surface area contributed by atoms with E-state index in [1.165, 1.54) is 25.7 Å². The molecule has 1 saturated carbocycles. The molecule has 0 saturated heterocycles. The molecule has 0 heterocycles. The Balaban J connectivity index is 2.05. The highest BCUT2D eigenvalue weighted by atomic mass is 35.5. The van der Waals surface area contributed by atoms with Crippen molar-refractivity contribution in [3.63, 3.8) is 0 Å². The van der Waals surface area contributed by atoms with Crippen LogP contribution in [-0.4, -0.2) is 6.04 Å². The predicted molar refractivity (Wildman–Crippen MR) is 77.3 cm³/mol. The number of halogens is 2. The van der Waals surface area contributed by atoms with Crippen LogP contribution in [0.15, 0.2) is 18.2 Å². The maximum absolute atomic E-state index is 13.9. The molecule has 3 atom stereocenters. The molecule has 1 aliphatic rings. The van der Waals surface area contributed by atoms with Crippen LogP contribution in [0, 0.1) is 17.7 Å². The van der Waals surface area contributed by atoms with Crippen LogP contribution in [0.25, 0.3) is 0 Å². The Bertz CT molecular complexity index is 425. The van der Waals surface area contributed by atoms with E-state index >= 15 is 0 Å². The van der Waals surface area contributed by atoms with Gasteiger partial charge in [-0.15, -0.1) is 0 Å². The van der Waals surface area contributed by atoms with Gasteiger partial charge in [0.1, 0.15) is 5.82 Å². The normalized spacial score (nSPS) is 24.6. The van der Waals surface area contributed by atoms with E-state index < -0.39 is 0 Å². The van der Waals surface area contributed by atoms with Gasteiger partial charge in [0, 0.05) is 6.04 Å². The van der Waals surface area contributed by atoms with E-state index in [4.69, 9.17) is 17.4 Å². The molecule has 0 bridgehead atoms. The van der Waals surface area contributed by atoms with E-state index in [1.807, 2.05) is 0 Å². The molecule has 19 heavy (non-hydrogen) atoms. The average molecular weight is 285 g/mol. The van der Waals surface area contributed by atoms with Gasteiger partial charge in [0.15, 0.2) is 0 Å². The Morgan fingerprint density at radius 1 is 1.47 bits per heavy atom. The topological polar surface area (TPSA) is 38.0 Å². The lowest BCUT2D eigenvalue weighted by atomic mass is 9.91. The highest BCUT2D eigenvalue weighted by Crippen LogP contribution is 2.36. The molecule has 0 spiro atoms. The van der Waals surface area contributed by atoms with Crippen LogP contribution in [0.5, 0.6) is 0 Å². The first kappa shape index (κ1) is 14.8. The second kappa shape index (κ2) is 6.69. The van der Waals surface area contributed by atoms with Crippen molar-refractivity contribution in [2.24, 2.45) is 17.7 Å². The van der Waals surface area contributed by atoms with Gasteiger partial charge in [0.25, 0.3) is 0 Å². The first-order valence-corrected chi connectivity index (χ1v) is 7.42. The van der Waals surface area contributed by atoms with Crippen molar-refractivity contribution in [3.05, 3.63) is 34.6 Å². The predicted octanol–water partition coefficient (Wildman–Crippen LogP) is 3.68. The third kappa shape index (κ3) is 3.47. The minimum atomic E-state index is -0.311. The summed E-state index contributed by atoms with van der Waals surface area (Å²) in [7, 11) is 0. The first-order valence-electron chi connectivity index (χ1n) is 7.04. The van der Waals surface area contributed by atoms with Crippen LogP contribution >= 0.6 is 11.6 Å². The van der Waals surface area contributed by atoms with Crippen LogP contribution in [0.3, 0.4) is 0 Å². The number of benzene rings is 1. The molecule has 4 heteroatoms. The zero-order valence-corrected chi connectivity index (χ0v) is 12.1. The highest BCUT2D eigenvalue weighted by Gasteiger charge is 2.30. The van der Waals surface area contributed by atoms with Gasteiger partial charge in [-0.05, 0) is 42.7 Å². The molecule has 3 unspecified atom stereocenters. The second-order valence-corrected chi connectivity index (χ2v) is 5.94. The van der Waals surface area contributed by atoms with E-state index in [-0.39, 0.29) is 16.9 Å². The van der Waals surface area contributed by atoms with Gasteiger partial charge in [-0.1, -0.05) is 43.5 Å². The third-order valence-corrected chi connectivity index (χ3v) is 4.71. The van der Waals surface area contributed by atoms with Crippen molar-refractivity contribution in [3.8, 4) is 0 Å². The molecular formula is C15H22ClFN2. The SMILES string of the molecule is CCC1CCC(C(Cc2cccc(Cl)c2F)NN)C1. The zero-order chi connectivity index (χ0) is 13.8. The molecule has 0 aromatic heterocycles. The van der Waals surface area contributed by atoms with E-state index in [1.54, 1.807) is 18.2 Å². The fourth-order valence-corrected chi connectivity index (χ4v) is 3.35. The van der Waals surface area contributed by atoms with Gasteiger partial charge >= 0.3 is 0 Å². The number of hydrazine groups is 1. The summed E-state index contributed by atoms with van der Waals surface area (Å²) < 4.78 is 13.9. The molecule has 1 fully saturated rings. The smallest absolute Gasteiger partial charge is 0.145 e. The quantitative estimate of drug-likeness (QED) is 0.639. The number of nitrogens with two attached hydrogens (primary N) is 1. The van der Waals surface area contributed by atoms with Crippen LogP contribution < -0.4 is 11.3 Å². The molecule has 1 aromatic rings. The van der Waals surface area contributed by atoms with Crippen molar-refractivity contribution < 1.29 is 4.39 Å². The van der Waals surface area contributed by atoms with E-state index in [2.05, 4.69) is 12.3 Å². The van der Waals surface area contributed by atoms with E-state index in [0.29, 0.717) is 17.9 Å². The Hall–Kier alpha value is -0.640. The number of nitrogens with one attached hydrogen (secondary N) is 1. The lowest BCUT2D eigenvalue weighted by Gasteiger charge is -2.23. The summed E-state index contributed by atoms with van der Waals surface area (Å²) in [5, 5.41) is 0.186. The Labute approximate surface area is 119 Å². The fraction of sp³-hybridized carbons (Fsp3) is 0.600. The van der Waals surface area contributed by atoms with Crippen molar-refractivity contribution >= 4 is 11.6 Å². The number of rotatable bonds is 5. The van der Waals surface area contributed by atoms with Gasteiger partial charge in [-0.2, -0.15) is 0 Å². The first-order chi connectivity index (χ1) is 9.15. The summed E-state index contributed by atoms with van der Waals surface area (Å²) in [6.45, 7) is 2.23. The Kier molecular flexibility index (Phi) is 5.20. The molecule has 2 nitrogen and oxygen atoms in total. The zero-order valence-electron chi connectivity index (χ0n) is 11.3. The van der Waals surface area contributed by atoms with Gasteiger partial charge in [-0.25, -0.2) is 4.39 Å². The molecule has 1 aromatic carbocycles. The van der Waals surface area contributed by atoms with Gasteiger partial charge in [0.2, 0.25) is 0 Å². The van der Waals surface area contributed by atoms with Crippen molar-refractivity contribution in [1.29, 1.82) is 0 Å². The highest BCUT2D eigenvalue weighted by molar-refractivity contribution is 6.30. The largest absolute Gasteiger partial charge is 0.271 e. The minimum Gasteiger partial charge on any atom is -0.271 e. The van der Waals surface area contributed by atoms with Crippen molar-refractivity contribution in [2.75, 3.05) is 0 Å². The molecule has 3 N–H and O–H groups in total. The number of hydrogen-bond donors (Lipinski definition) is 2. The standard InChI is InChI=1S/C15H22ClFN2/c1-2-10-6-7-11(8-10)14(19-18)9-12-4-3-5-13(16)15(12)17/h3-5,10-11,14,19H,2,6-9,18H2,1H3. The lowest BCUT2D eigenvalue weighted by Crippen LogP contribution is -2.42. The molecule has 1 aliphatic carbocycles. The van der Waals surface area contributed by atoms with Crippen molar-refractivity contribution in [1.82, 2.24) is 5.43 Å². The van der Waals surface area contributed by atoms with Gasteiger partial charge < -0.3 is 0 Å². The molecule has 106 valence electrons. The molecule has 0 aliphatic heterocycles. The molecule has 0 radical (unpaired) electrons. The van der Waals surface area contributed by atoms with Crippen molar-refractivity contribution in [2.45, 2.75) is 45.1 Å². The van der Waals surface area contributed by atoms with Gasteiger partial charge in [0.05, 0.1) is 5.02 Å². The summed E-state index contributed by atoms with van der Waals surface area (Å²) in [5.74, 6) is 6.69. The maximum atomic E-state index is 13.9. The average Bonchev–Trinajstić information content (AvgIpc) is 2.89. The lowest BCUT2D eigenvalue weighted by molar-refractivity contribution is 0.345. The van der Waals surface area contributed by atoms with E-state index in [0.717, 1.165) is 5.92 Å². The Morgan fingerprint density at radius 2 is 2.26 bits per heavy atom. The fourth-order valence-electron chi connectivity index (χ4n) is 3.15. The Morgan fingerprint density at radius 3 is 2.89 bits per heavy atom.